The normalized spacial score (nSPS) is 15.7. The van der Waals surface area contributed by atoms with Crippen LogP contribution in [0.3, 0.4) is 0 Å². The molecule has 0 amide bonds. The van der Waals surface area contributed by atoms with Crippen LogP contribution < -0.4 is 0 Å². The summed E-state index contributed by atoms with van der Waals surface area (Å²) < 4.78 is 28.6. The maximum Gasteiger partial charge on any atom is 0.244 e. The van der Waals surface area contributed by atoms with Crippen LogP contribution in [-0.4, -0.2) is 40.2 Å². The van der Waals surface area contributed by atoms with Gasteiger partial charge in [0, 0.05) is 37.4 Å². The lowest BCUT2D eigenvalue weighted by molar-refractivity contribution is 0.477. The molecule has 0 atom stereocenters. The highest BCUT2D eigenvalue weighted by atomic mass is 32.2. The fourth-order valence-corrected chi connectivity index (χ4v) is 5.29. The SMILES string of the molecule is Cc1cccn2cc(CSc3ccc(S(=O)(=O)N4CCCC4)cn3)nc12. The molecule has 4 rings (SSSR count). The third kappa shape index (κ3) is 3.36. The minimum Gasteiger partial charge on any atom is -0.307 e. The Morgan fingerprint density at radius 2 is 2.00 bits per heavy atom. The van der Waals surface area contributed by atoms with Crippen LogP contribution in [0.1, 0.15) is 24.1 Å². The van der Waals surface area contributed by atoms with E-state index in [-0.39, 0.29) is 4.90 Å². The van der Waals surface area contributed by atoms with Gasteiger partial charge in [0.25, 0.3) is 0 Å². The molecule has 6 nitrogen and oxygen atoms in total. The van der Waals surface area contributed by atoms with Crippen molar-refractivity contribution in [1.82, 2.24) is 18.7 Å². The molecule has 1 saturated heterocycles. The van der Waals surface area contributed by atoms with Crippen molar-refractivity contribution in [2.75, 3.05) is 13.1 Å². The Morgan fingerprint density at radius 3 is 2.69 bits per heavy atom. The van der Waals surface area contributed by atoms with Crippen LogP contribution in [0, 0.1) is 6.92 Å². The van der Waals surface area contributed by atoms with Crippen molar-refractivity contribution in [1.29, 1.82) is 0 Å². The number of imidazole rings is 1. The van der Waals surface area contributed by atoms with Crippen LogP contribution in [0.15, 0.2) is 52.8 Å². The number of rotatable bonds is 5. The van der Waals surface area contributed by atoms with Crippen molar-refractivity contribution in [3.8, 4) is 0 Å². The van der Waals surface area contributed by atoms with Crippen molar-refractivity contribution >= 4 is 27.4 Å². The van der Waals surface area contributed by atoms with E-state index in [2.05, 4.69) is 9.97 Å². The topological polar surface area (TPSA) is 67.6 Å². The summed E-state index contributed by atoms with van der Waals surface area (Å²) in [6.45, 7) is 3.25. The van der Waals surface area contributed by atoms with E-state index in [0.717, 1.165) is 34.8 Å². The Bertz CT molecular complexity index is 1020. The van der Waals surface area contributed by atoms with Gasteiger partial charge in [-0.05, 0) is 43.5 Å². The molecular weight excluding hydrogens is 368 g/mol. The molecule has 0 aromatic carbocycles. The predicted octanol–water partition coefficient (Wildman–Crippen LogP) is 3.11. The lowest BCUT2D eigenvalue weighted by atomic mass is 10.3. The van der Waals surface area contributed by atoms with E-state index in [9.17, 15) is 8.42 Å². The van der Waals surface area contributed by atoms with E-state index in [1.807, 2.05) is 35.9 Å². The standard InChI is InChI=1S/C18H20N4O2S2/c1-14-5-4-8-21-12-15(20-18(14)21)13-25-17-7-6-16(11-19-17)26(23,24)22-9-2-3-10-22/h4-8,11-12H,2-3,9-10,13H2,1H3. The summed E-state index contributed by atoms with van der Waals surface area (Å²) in [4.78, 5) is 9.24. The molecule has 3 aromatic rings. The fourth-order valence-electron chi connectivity index (χ4n) is 3.10. The molecule has 3 aromatic heterocycles. The molecule has 0 spiro atoms. The predicted molar refractivity (Wildman–Crippen MR) is 102 cm³/mol. The van der Waals surface area contributed by atoms with E-state index in [1.54, 1.807) is 23.9 Å². The molecule has 0 unspecified atom stereocenters. The number of sulfonamides is 1. The smallest absolute Gasteiger partial charge is 0.244 e. The number of aryl methyl sites for hydroxylation is 1. The highest BCUT2D eigenvalue weighted by molar-refractivity contribution is 7.98. The number of hydrogen-bond acceptors (Lipinski definition) is 5. The summed E-state index contributed by atoms with van der Waals surface area (Å²) in [7, 11) is -3.40. The Morgan fingerprint density at radius 1 is 1.19 bits per heavy atom. The summed E-state index contributed by atoms with van der Waals surface area (Å²) >= 11 is 1.55. The highest BCUT2D eigenvalue weighted by Gasteiger charge is 2.27. The van der Waals surface area contributed by atoms with Gasteiger partial charge in [-0.15, -0.1) is 0 Å². The zero-order valence-electron chi connectivity index (χ0n) is 14.5. The average molecular weight is 389 g/mol. The number of hydrogen-bond donors (Lipinski definition) is 0. The number of aromatic nitrogens is 3. The van der Waals surface area contributed by atoms with E-state index >= 15 is 0 Å². The van der Waals surface area contributed by atoms with Crippen LogP contribution in [-0.2, 0) is 15.8 Å². The van der Waals surface area contributed by atoms with Crippen LogP contribution in [0.5, 0.6) is 0 Å². The molecular formula is C18H20N4O2S2. The molecule has 0 N–H and O–H groups in total. The van der Waals surface area contributed by atoms with Crippen molar-refractivity contribution in [3.05, 3.63) is 54.1 Å². The van der Waals surface area contributed by atoms with Gasteiger partial charge in [0.15, 0.2) is 0 Å². The third-order valence-corrected chi connectivity index (χ3v) is 7.37. The zero-order chi connectivity index (χ0) is 18.1. The van der Waals surface area contributed by atoms with Crippen molar-refractivity contribution < 1.29 is 8.42 Å². The Balaban J connectivity index is 1.46. The number of pyridine rings is 2. The average Bonchev–Trinajstić information content (AvgIpc) is 3.31. The second-order valence-corrected chi connectivity index (χ2v) is 9.32. The van der Waals surface area contributed by atoms with Crippen LogP contribution in [0.4, 0.5) is 0 Å². The molecule has 0 radical (unpaired) electrons. The van der Waals surface area contributed by atoms with Crippen LogP contribution in [0.25, 0.3) is 5.65 Å². The zero-order valence-corrected chi connectivity index (χ0v) is 16.1. The Labute approximate surface area is 157 Å². The summed E-state index contributed by atoms with van der Waals surface area (Å²) in [5.41, 5.74) is 3.07. The van der Waals surface area contributed by atoms with Gasteiger partial charge in [-0.2, -0.15) is 4.31 Å². The summed E-state index contributed by atoms with van der Waals surface area (Å²) in [6.07, 6.45) is 7.32. The first kappa shape index (κ1) is 17.5. The van der Waals surface area contributed by atoms with Gasteiger partial charge in [-0.25, -0.2) is 18.4 Å². The molecule has 0 saturated carbocycles. The molecule has 0 bridgehead atoms. The summed E-state index contributed by atoms with van der Waals surface area (Å²) in [6, 6.07) is 7.47. The van der Waals surface area contributed by atoms with Crippen LogP contribution >= 0.6 is 11.8 Å². The first-order valence-corrected chi connectivity index (χ1v) is 11.0. The molecule has 8 heteroatoms. The van der Waals surface area contributed by atoms with E-state index in [4.69, 9.17) is 0 Å². The second kappa shape index (κ2) is 7.02. The van der Waals surface area contributed by atoms with E-state index in [1.165, 1.54) is 10.5 Å². The largest absolute Gasteiger partial charge is 0.307 e. The van der Waals surface area contributed by atoms with Crippen molar-refractivity contribution in [3.63, 3.8) is 0 Å². The Kier molecular flexibility index (Phi) is 4.73. The molecule has 1 fully saturated rings. The molecule has 1 aliphatic rings. The second-order valence-electron chi connectivity index (χ2n) is 6.39. The van der Waals surface area contributed by atoms with Crippen molar-refractivity contribution in [2.24, 2.45) is 0 Å². The molecule has 4 heterocycles. The van der Waals surface area contributed by atoms with Gasteiger partial charge >= 0.3 is 0 Å². The third-order valence-electron chi connectivity index (χ3n) is 4.51. The molecule has 26 heavy (non-hydrogen) atoms. The van der Waals surface area contributed by atoms with Gasteiger partial charge in [-0.3, -0.25) is 0 Å². The van der Waals surface area contributed by atoms with E-state index < -0.39 is 10.0 Å². The first-order valence-electron chi connectivity index (χ1n) is 8.56. The van der Waals surface area contributed by atoms with Crippen molar-refractivity contribution in [2.45, 2.75) is 35.4 Å². The summed E-state index contributed by atoms with van der Waals surface area (Å²) in [5.74, 6) is 0.687. The first-order chi connectivity index (χ1) is 12.5. The lowest BCUT2D eigenvalue weighted by Crippen LogP contribution is -2.27. The molecule has 1 aliphatic heterocycles. The van der Waals surface area contributed by atoms with Crippen LogP contribution in [0.2, 0.25) is 0 Å². The highest BCUT2D eigenvalue weighted by Crippen LogP contribution is 2.24. The maximum absolute atomic E-state index is 12.5. The van der Waals surface area contributed by atoms with Gasteiger partial charge in [-0.1, -0.05) is 17.8 Å². The number of nitrogens with zero attached hydrogens (tertiary/aromatic N) is 4. The van der Waals surface area contributed by atoms with Gasteiger partial charge in [0.2, 0.25) is 10.0 Å². The summed E-state index contributed by atoms with van der Waals surface area (Å²) in [5, 5.41) is 0.791. The molecule has 136 valence electrons. The minimum atomic E-state index is -3.40. The number of thioether (sulfide) groups is 1. The minimum absolute atomic E-state index is 0.270. The molecule has 0 aliphatic carbocycles. The number of fused-ring (bicyclic) bond motifs is 1. The quantitative estimate of drug-likeness (QED) is 0.628. The lowest BCUT2D eigenvalue weighted by Gasteiger charge is -2.15. The van der Waals surface area contributed by atoms with Gasteiger partial charge < -0.3 is 4.40 Å². The monoisotopic (exact) mass is 388 g/mol. The maximum atomic E-state index is 12.5. The van der Waals surface area contributed by atoms with Gasteiger partial charge in [0.05, 0.1) is 10.7 Å². The Hall–Kier alpha value is -1.90. The fraction of sp³-hybridized carbons (Fsp3) is 0.333. The van der Waals surface area contributed by atoms with E-state index in [0.29, 0.717) is 18.8 Å². The van der Waals surface area contributed by atoms with Gasteiger partial charge in [0.1, 0.15) is 10.5 Å².